The van der Waals surface area contributed by atoms with Gasteiger partial charge < -0.3 is 4.74 Å². The SMILES string of the molecule is COc1cc(/C=C2/SC(=S)N(c3cccc(Br)c3)C2=O)ccc1C. The first-order valence-corrected chi connectivity index (χ1v) is 9.19. The van der Waals surface area contributed by atoms with Crippen LogP contribution in [0.15, 0.2) is 51.8 Å². The standard InChI is InChI=1S/C18H14BrNO2S2/c1-11-6-7-12(8-15(11)22-2)9-16-17(21)20(18(23)24-16)14-5-3-4-13(19)10-14/h3-10H,1-2H3/b16-9+. The van der Waals surface area contributed by atoms with Gasteiger partial charge in [-0.05, 0) is 48.4 Å². The molecule has 1 amide bonds. The van der Waals surface area contributed by atoms with E-state index in [9.17, 15) is 4.79 Å². The highest BCUT2D eigenvalue weighted by atomic mass is 79.9. The van der Waals surface area contributed by atoms with E-state index in [0.717, 1.165) is 27.0 Å². The van der Waals surface area contributed by atoms with Gasteiger partial charge in [0.05, 0.1) is 17.7 Å². The predicted octanol–water partition coefficient (Wildman–Crippen LogP) is 5.17. The van der Waals surface area contributed by atoms with E-state index in [1.165, 1.54) is 11.8 Å². The Bertz CT molecular complexity index is 864. The lowest BCUT2D eigenvalue weighted by Crippen LogP contribution is -2.27. The number of methoxy groups -OCH3 is 1. The molecule has 0 unspecified atom stereocenters. The van der Waals surface area contributed by atoms with E-state index in [1.807, 2.05) is 55.5 Å². The van der Waals surface area contributed by atoms with Crippen molar-refractivity contribution in [2.24, 2.45) is 0 Å². The number of aryl methyl sites for hydroxylation is 1. The highest BCUT2D eigenvalue weighted by Gasteiger charge is 2.33. The molecule has 1 heterocycles. The first-order valence-electron chi connectivity index (χ1n) is 7.18. The summed E-state index contributed by atoms with van der Waals surface area (Å²) in [5.74, 6) is 0.689. The Morgan fingerprint density at radius 2 is 2.04 bits per heavy atom. The zero-order valence-corrected chi connectivity index (χ0v) is 16.3. The molecule has 1 fully saturated rings. The van der Waals surface area contributed by atoms with Gasteiger partial charge in [-0.15, -0.1) is 0 Å². The molecule has 1 aliphatic heterocycles. The van der Waals surface area contributed by atoms with Crippen molar-refractivity contribution in [3.63, 3.8) is 0 Å². The third-order valence-corrected chi connectivity index (χ3v) is 5.39. The van der Waals surface area contributed by atoms with Gasteiger partial charge in [-0.3, -0.25) is 9.69 Å². The molecule has 0 N–H and O–H groups in total. The fourth-order valence-electron chi connectivity index (χ4n) is 2.38. The average Bonchev–Trinajstić information content (AvgIpc) is 2.83. The number of amides is 1. The lowest BCUT2D eigenvalue weighted by atomic mass is 10.1. The minimum Gasteiger partial charge on any atom is -0.496 e. The number of thioether (sulfide) groups is 1. The quantitative estimate of drug-likeness (QED) is 0.506. The second-order valence-electron chi connectivity index (χ2n) is 5.23. The topological polar surface area (TPSA) is 29.5 Å². The zero-order chi connectivity index (χ0) is 17.3. The molecule has 122 valence electrons. The maximum absolute atomic E-state index is 12.8. The molecule has 0 bridgehead atoms. The van der Waals surface area contributed by atoms with Crippen LogP contribution in [0.3, 0.4) is 0 Å². The lowest BCUT2D eigenvalue weighted by molar-refractivity contribution is -0.113. The molecule has 0 saturated carbocycles. The van der Waals surface area contributed by atoms with Crippen LogP contribution in [0.2, 0.25) is 0 Å². The van der Waals surface area contributed by atoms with Crippen LogP contribution in [0.4, 0.5) is 5.69 Å². The number of hydrogen-bond donors (Lipinski definition) is 0. The molecule has 0 radical (unpaired) electrons. The molecule has 0 aliphatic carbocycles. The van der Waals surface area contributed by atoms with E-state index < -0.39 is 0 Å². The van der Waals surface area contributed by atoms with Crippen LogP contribution in [0, 0.1) is 6.92 Å². The molecule has 3 nitrogen and oxygen atoms in total. The predicted molar refractivity (Wildman–Crippen MR) is 108 cm³/mol. The van der Waals surface area contributed by atoms with E-state index in [1.54, 1.807) is 12.0 Å². The molecule has 24 heavy (non-hydrogen) atoms. The molecule has 0 spiro atoms. The molecule has 0 aromatic heterocycles. The number of benzene rings is 2. The van der Waals surface area contributed by atoms with E-state index in [4.69, 9.17) is 17.0 Å². The van der Waals surface area contributed by atoms with E-state index in [2.05, 4.69) is 15.9 Å². The van der Waals surface area contributed by atoms with Gasteiger partial charge in [-0.25, -0.2) is 0 Å². The minimum absolute atomic E-state index is 0.109. The highest BCUT2D eigenvalue weighted by Crippen LogP contribution is 2.37. The van der Waals surface area contributed by atoms with Gasteiger partial charge in [0.2, 0.25) is 0 Å². The number of anilines is 1. The number of halogens is 1. The number of carbonyl (C=O) groups excluding carboxylic acids is 1. The molecule has 1 saturated heterocycles. The van der Waals surface area contributed by atoms with Gasteiger partial charge in [0.25, 0.3) is 5.91 Å². The Morgan fingerprint density at radius 1 is 1.25 bits per heavy atom. The summed E-state index contributed by atoms with van der Waals surface area (Å²) in [6, 6.07) is 13.4. The fraction of sp³-hybridized carbons (Fsp3) is 0.111. The lowest BCUT2D eigenvalue weighted by Gasteiger charge is -2.14. The Morgan fingerprint density at radius 3 is 2.75 bits per heavy atom. The number of nitrogens with zero attached hydrogens (tertiary/aromatic N) is 1. The van der Waals surface area contributed by atoms with Crippen LogP contribution in [-0.4, -0.2) is 17.3 Å². The van der Waals surface area contributed by atoms with Gasteiger partial charge in [0.15, 0.2) is 4.32 Å². The first kappa shape index (κ1) is 17.2. The fourth-order valence-corrected chi connectivity index (χ4v) is 4.07. The van der Waals surface area contributed by atoms with Crippen LogP contribution in [0.5, 0.6) is 5.75 Å². The number of rotatable bonds is 3. The number of hydrogen-bond acceptors (Lipinski definition) is 4. The van der Waals surface area contributed by atoms with Crippen molar-refractivity contribution in [2.75, 3.05) is 12.0 Å². The summed E-state index contributed by atoms with van der Waals surface area (Å²) in [7, 11) is 1.64. The summed E-state index contributed by atoms with van der Waals surface area (Å²) in [6.07, 6.45) is 1.85. The smallest absolute Gasteiger partial charge is 0.270 e. The van der Waals surface area contributed by atoms with Crippen molar-refractivity contribution in [1.29, 1.82) is 0 Å². The summed E-state index contributed by atoms with van der Waals surface area (Å²) in [5, 5.41) is 0. The molecule has 2 aromatic carbocycles. The van der Waals surface area contributed by atoms with Gasteiger partial charge in [0, 0.05) is 4.47 Å². The number of carbonyl (C=O) groups is 1. The van der Waals surface area contributed by atoms with E-state index in [-0.39, 0.29) is 5.91 Å². The molecule has 2 aromatic rings. The zero-order valence-electron chi connectivity index (χ0n) is 13.1. The van der Waals surface area contributed by atoms with Crippen molar-refractivity contribution < 1.29 is 9.53 Å². The van der Waals surface area contributed by atoms with Crippen molar-refractivity contribution in [3.05, 3.63) is 63.0 Å². The maximum atomic E-state index is 12.8. The largest absolute Gasteiger partial charge is 0.496 e. The van der Waals surface area contributed by atoms with Crippen molar-refractivity contribution in [1.82, 2.24) is 0 Å². The summed E-state index contributed by atoms with van der Waals surface area (Å²) in [5.41, 5.74) is 2.72. The Kier molecular flexibility index (Phi) is 5.08. The first-order chi connectivity index (χ1) is 11.5. The van der Waals surface area contributed by atoms with Crippen molar-refractivity contribution >= 4 is 61.9 Å². The van der Waals surface area contributed by atoms with E-state index in [0.29, 0.717) is 9.23 Å². The van der Waals surface area contributed by atoms with Crippen LogP contribution < -0.4 is 9.64 Å². The van der Waals surface area contributed by atoms with Crippen LogP contribution in [0.25, 0.3) is 6.08 Å². The van der Waals surface area contributed by atoms with Gasteiger partial charge >= 0.3 is 0 Å². The molecular formula is C18H14BrNO2S2. The summed E-state index contributed by atoms with van der Waals surface area (Å²) in [4.78, 5) is 14.9. The second-order valence-corrected chi connectivity index (χ2v) is 7.82. The summed E-state index contributed by atoms with van der Waals surface area (Å²) >= 11 is 10.1. The Balaban J connectivity index is 1.94. The molecular weight excluding hydrogens is 406 g/mol. The van der Waals surface area contributed by atoms with E-state index >= 15 is 0 Å². The Hall–Kier alpha value is -1.63. The van der Waals surface area contributed by atoms with Crippen LogP contribution >= 0.6 is 39.9 Å². The van der Waals surface area contributed by atoms with Gasteiger partial charge in [-0.1, -0.05) is 58.1 Å². The Labute approximate surface area is 158 Å². The second kappa shape index (κ2) is 7.09. The summed E-state index contributed by atoms with van der Waals surface area (Å²) in [6.45, 7) is 1.98. The third kappa shape index (κ3) is 3.41. The van der Waals surface area contributed by atoms with Gasteiger partial charge in [0.1, 0.15) is 5.75 Å². The normalized spacial score (nSPS) is 16.1. The molecule has 1 aliphatic rings. The average molecular weight is 420 g/mol. The van der Waals surface area contributed by atoms with Crippen LogP contribution in [-0.2, 0) is 4.79 Å². The van der Waals surface area contributed by atoms with Crippen LogP contribution in [0.1, 0.15) is 11.1 Å². The van der Waals surface area contributed by atoms with Gasteiger partial charge in [-0.2, -0.15) is 0 Å². The number of thiocarbonyl (C=S) groups is 1. The summed E-state index contributed by atoms with van der Waals surface area (Å²) < 4.78 is 6.77. The molecule has 3 rings (SSSR count). The monoisotopic (exact) mass is 419 g/mol. The molecule has 6 heteroatoms. The van der Waals surface area contributed by atoms with Crippen molar-refractivity contribution in [2.45, 2.75) is 6.92 Å². The minimum atomic E-state index is -0.109. The molecule has 0 atom stereocenters. The third-order valence-electron chi connectivity index (χ3n) is 3.59. The maximum Gasteiger partial charge on any atom is 0.270 e. The van der Waals surface area contributed by atoms with Crippen molar-refractivity contribution in [3.8, 4) is 5.75 Å². The number of ether oxygens (including phenoxy) is 1. The highest BCUT2D eigenvalue weighted by molar-refractivity contribution is 9.10.